The maximum absolute atomic E-state index is 11.4. The summed E-state index contributed by atoms with van der Waals surface area (Å²) < 4.78 is 10.1. The van der Waals surface area contributed by atoms with E-state index in [0.29, 0.717) is 6.61 Å². The van der Waals surface area contributed by atoms with Gasteiger partial charge in [0.05, 0.1) is 6.10 Å². The molecule has 0 aromatic carbocycles. The molecule has 2 atom stereocenters. The van der Waals surface area contributed by atoms with Crippen molar-refractivity contribution < 1.29 is 19.1 Å². The van der Waals surface area contributed by atoms with Crippen molar-refractivity contribution in [2.45, 2.75) is 39.0 Å². The first-order valence-corrected chi connectivity index (χ1v) is 5.32. The van der Waals surface area contributed by atoms with Crippen molar-refractivity contribution in [2.75, 3.05) is 6.61 Å². The normalized spacial score (nSPS) is 15.8. The Labute approximate surface area is 101 Å². The number of amides is 1. The highest BCUT2D eigenvalue weighted by atomic mass is 16.6. The summed E-state index contributed by atoms with van der Waals surface area (Å²) in [7, 11) is 0. The molecule has 98 valence electrons. The van der Waals surface area contributed by atoms with Gasteiger partial charge in [-0.1, -0.05) is 6.58 Å². The summed E-state index contributed by atoms with van der Waals surface area (Å²) >= 11 is 0. The molecular formula is C11H20N2O4. The van der Waals surface area contributed by atoms with Crippen molar-refractivity contribution in [2.24, 2.45) is 11.5 Å². The fourth-order valence-electron chi connectivity index (χ4n) is 1.22. The molecule has 0 rings (SSSR count). The van der Waals surface area contributed by atoms with Gasteiger partial charge in [0, 0.05) is 18.6 Å². The average Bonchev–Trinajstić information content (AvgIpc) is 2.16. The first-order valence-electron chi connectivity index (χ1n) is 5.32. The Bertz CT molecular complexity index is 317. The zero-order valence-corrected chi connectivity index (χ0v) is 10.5. The number of carbonyl (C=O) groups excluding carboxylic acids is 2. The van der Waals surface area contributed by atoms with Crippen LogP contribution in [0.25, 0.3) is 0 Å². The first kappa shape index (κ1) is 15.6. The van der Waals surface area contributed by atoms with Crippen molar-refractivity contribution in [3.8, 4) is 0 Å². The van der Waals surface area contributed by atoms with Crippen LogP contribution in [-0.2, 0) is 19.1 Å². The molecule has 2 unspecified atom stereocenters. The van der Waals surface area contributed by atoms with Gasteiger partial charge in [0.15, 0.2) is 0 Å². The molecule has 6 nitrogen and oxygen atoms in total. The minimum atomic E-state index is -1.87. The Morgan fingerprint density at radius 3 is 2.35 bits per heavy atom. The summed E-state index contributed by atoms with van der Waals surface area (Å²) in [6, 6.07) is 0. The molecule has 0 saturated heterocycles. The summed E-state index contributed by atoms with van der Waals surface area (Å²) in [6.45, 7) is 8.83. The van der Waals surface area contributed by atoms with E-state index in [-0.39, 0.29) is 18.1 Å². The van der Waals surface area contributed by atoms with Crippen LogP contribution in [0.15, 0.2) is 12.2 Å². The lowest BCUT2D eigenvalue weighted by atomic mass is 10.1. The van der Waals surface area contributed by atoms with Crippen molar-refractivity contribution in [3.63, 3.8) is 0 Å². The van der Waals surface area contributed by atoms with Crippen molar-refractivity contribution in [1.29, 1.82) is 0 Å². The van der Waals surface area contributed by atoms with E-state index < -0.39 is 17.6 Å². The Kier molecular flexibility index (Phi) is 5.84. The van der Waals surface area contributed by atoms with Crippen molar-refractivity contribution in [3.05, 3.63) is 12.2 Å². The van der Waals surface area contributed by atoms with Gasteiger partial charge in [-0.2, -0.15) is 0 Å². The SMILES string of the molecule is C=C(C)C(=O)OC(N)(CC(C)OCC)C(N)=O. The average molecular weight is 244 g/mol. The summed E-state index contributed by atoms with van der Waals surface area (Å²) in [4.78, 5) is 22.6. The van der Waals surface area contributed by atoms with Crippen LogP contribution in [0.3, 0.4) is 0 Å². The van der Waals surface area contributed by atoms with Gasteiger partial charge in [-0.05, 0) is 20.8 Å². The largest absolute Gasteiger partial charge is 0.431 e. The molecule has 0 fully saturated rings. The Morgan fingerprint density at radius 2 is 2.00 bits per heavy atom. The fourth-order valence-corrected chi connectivity index (χ4v) is 1.22. The van der Waals surface area contributed by atoms with E-state index in [0.717, 1.165) is 0 Å². The lowest BCUT2D eigenvalue weighted by Gasteiger charge is -2.28. The highest BCUT2D eigenvalue weighted by molar-refractivity contribution is 5.91. The topological polar surface area (TPSA) is 105 Å². The minimum absolute atomic E-state index is 0.00477. The van der Waals surface area contributed by atoms with Gasteiger partial charge in [-0.25, -0.2) is 4.79 Å². The second-order valence-corrected chi connectivity index (χ2v) is 3.89. The third kappa shape index (κ3) is 4.97. The highest BCUT2D eigenvalue weighted by Crippen LogP contribution is 2.15. The van der Waals surface area contributed by atoms with Gasteiger partial charge in [0.25, 0.3) is 5.91 Å². The second kappa shape index (κ2) is 6.36. The Morgan fingerprint density at radius 1 is 1.47 bits per heavy atom. The smallest absolute Gasteiger partial charge is 0.335 e. The number of carbonyl (C=O) groups is 2. The summed E-state index contributed by atoms with van der Waals surface area (Å²) in [6.07, 6.45) is -0.356. The lowest BCUT2D eigenvalue weighted by Crippen LogP contribution is -2.57. The quantitative estimate of drug-likeness (QED) is 0.374. The molecule has 0 heterocycles. The highest BCUT2D eigenvalue weighted by Gasteiger charge is 2.38. The van der Waals surface area contributed by atoms with Gasteiger partial charge < -0.3 is 15.2 Å². The minimum Gasteiger partial charge on any atom is -0.431 e. The molecule has 0 spiro atoms. The van der Waals surface area contributed by atoms with Crippen molar-refractivity contribution in [1.82, 2.24) is 0 Å². The van der Waals surface area contributed by atoms with E-state index in [9.17, 15) is 9.59 Å². The molecule has 0 bridgehead atoms. The standard InChI is InChI=1S/C11H20N2O4/c1-5-16-8(4)6-11(13,10(12)15)17-9(14)7(2)3/h8H,2,5-6,13H2,1,3-4H3,(H2,12,15). The van der Waals surface area contributed by atoms with E-state index >= 15 is 0 Å². The van der Waals surface area contributed by atoms with Gasteiger partial charge in [-0.3, -0.25) is 10.5 Å². The van der Waals surface area contributed by atoms with Crippen LogP contribution in [0.1, 0.15) is 27.2 Å². The van der Waals surface area contributed by atoms with Gasteiger partial charge >= 0.3 is 5.97 Å². The van der Waals surface area contributed by atoms with E-state index in [4.69, 9.17) is 20.9 Å². The molecule has 4 N–H and O–H groups in total. The molecule has 0 aliphatic heterocycles. The first-order chi connectivity index (χ1) is 7.73. The predicted molar refractivity (Wildman–Crippen MR) is 62.7 cm³/mol. The van der Waals surface area contributed by atoms with E-state index in [1.54, 1.807) is 13.8 Å². The number of hydrogen-bond acceptors (Lipinski definition) is 5. The number of hydrogen-bond donors (Lipinski definition) is 2. The zero-order valence-electron chi connectivity index (χ0n) is 10.5. The maximum Gasteiger partial charge on any atom is 0.335 e. The van der Waals surface area contributed by atoms with E-state index in [1.807, 2.05) is 0 Å². The molecule has 6 heteroatoms. The van der Waals surface area contributed by atoms with Crippen LogP contribution < -0.4 is 11.5 Å². The number of primary amides is 1. The van der Waals surface area contributed by atoms with E-state index in [2.05, 4.69) is 6.58 Å². The molecule has 1 amide bonds. The maximum atomic E-state index is 11.4. The third-order valence-electron chi connectivity index (χ3n) is 2.08. The van der Waals surface area contributed by atoms with Gasteiger partial charge in [0.2, 0.25) is 5.72 Å². The number of rotatable bonds is 7. The van der Waals surface area contributed by atoms with Gasteiger partial charge in [0.1, 0.15) is 0 Å². The Hall–Kier alpha value is -1.40. The van der Waals surface area contributed by atoms with Crippen molar-refractivity contribution >= 4 is 11.9 Å². The molecule has 17 heavy (non-hydrogen) atoms. The lowest BCUT2D eigenvalue weighted by molar-refractivity contribution is -0.167. The second-order valence-electron chi connectivity index (χ2n) is 3.89. The zero-order chi connectivity index (χ0) is 13.6. The monoisotopic (exact) mass is 244 g/mol. The molecule has 0 radical (unpaired) electrons. The van der Waals surface area contributed by atoms with Crippen LogP contribution in [0.4, 0.5) is 0 Å². The van der Waals surface area contributed by atoms with Crippen LogP contribution in [0.2, 0.25) is 0 Å². The summed E-state index contributed by atoms with van der Waals surface area (Å²) in [5.74, 6) is -1.67. The number of esters is 1. The molecule has 0 aromatic heterocycles. The fraction of sp³-hybridized carbons (Fsp3) is 0.636. The number of nitrogens with two attached hydrogens (primary N) is 2. The summed E-state index contributed by atoms with van der Waals surface area (Å²) in [5, 5.41) is 0. The molecule has 0 aliphatic rings. The molecule has 0 aromatic rings. The van der Waals surface area contributed by atoms with Gasteiger partial charge in [-0.15, -0.1) is 0 Å². The molecule has 0 saturated carbocycles. The van der Waals surface area contributed by atoms with Crippen LogP contribution in [0, 0.1) is 0 Å². The number of ether oxygens (including phenoxy) is 2. The third-order valence-corrected chi connectivity index (χ3v) is 2.08. The Balaban J connectivity index is 4.73. The van der Waals surface area contributed by atoms with Crippen LogP contribution >= 0.6 is 0 Å². The van der Waals surface area contributed by atoms with Crippen LogP contribution in [-0.4, -0.2) is 30.3 Å². The predicted octanol–water partition coefficient (Wildman–Crippen LogP) is 0.0611. The van der Waals surface area contributed by atoms with Crippen LogP contribution in [0.5, 0.6) is 0 Å². The van der Waals surface area contributed by atoms with E-state index in [1.165, 1.54) is 6.92 Å². The molecular weight excluding hydrogens is 224 g/mol. The molecule has 0 aliphatic carbocycles. The summed E-state index contributed by atoms with van der Waals surface area (Å²) in [5.41, 5.74) is 9.08.